The van der Waals surface area contributed by atoms with Crippen molar-refractivity contribution in [2.75, 3.05) is 5.43 Å². The number of anilines is 1. The lowest BCUT2D eigenvalue weighted by molar-refractivity contribution is -0.0489. The zero-order valence-corrected chi connectivity index (χ0v) is 9.02. The number of nitriles is 1. The van der Waals surface area contributed by atoms with Crippen LogP contribution in [0.2, 0.25) is 0 Å². The van der Waals surface area contributed by atoms with Crippen molar-refractivity contribution in [3.05, 3.63) is 30.0 Å². The summed E-state index contributed by atoms with van der Waals surface area (Å²) in [6, 6.07) is 6.40. The van der Waals surface area contributed by atoms with Crippen LogP contribution in [0, 0.1) is 11.3 Å². The number of pyridine rings is 1. The maximum absolute atomic E-state index is 12.2. The molecule has 1 aromatic carbocycles. The number of para-hydroxylation sites is 1. The summed E-state index contributed by atoms with van der Waals surface area (Å²) in [4.78, 5) is 3.94. The highest BCUT2D eigenvalue weighted by molar-refractivity contribution is 5.96. The standard InChI is InChI=1S/C11H8F2N4O/c12-11(13)18-8-3-1-2-7-9(17-15)6(4-14)5-16-10(7)8/h1-3,5,11H,15H2,(H,16,17). The van der Waals surface area contributed by atoms with Gasteiger partial charge in [0, 0.05) is 11.6 Å². The number of rotatable bonds is 3. The molecule has 0 aliphatic rings. The van der Waals surface area contributed by atoms with E-state index in [2.05, 4.69) is 15.1 Å². The van der Waals surface area contributed by atoms with Gasteiger partial charge in [-0.05, 0) is 6.07 Å². The first-order valence-corrected chi connectivity index (χ1v) is 4.90. The van der Waals surface area contributed by atoms with Gasteiger partial charge in [0.25, 0.3) is 0 Å². The van der Waals surface area contributed by atoms with Gasteiger partial charge < -0.3 is 10.2 Å². The highest BCUT2D eigenvalue weighted by atomic mass is 19.3. The molecule has 18 heavy (non-hydrogen) atoms. The molecule has 0 fully saturated rings. The van der Waals surface area contributed by atoms with Gasteiger partial charge in [0.15, 0.2) is 5.75 Å². The smallest absolute Gasteiger partial charge is 0.387 e. The number of halogens is 2. The molecule has 1 heterocycles. The van der Waals surface area contributed by atoms with Gasteiger partial charge in [-0.3, -0.25) is 10.8 Å². The molecule has 92 valence electrons. The summed E-state index contributed by atoms with van der Waals surface area (Å²) in [6.45, 7) is -2.94. The third-order valence-electron chi connectivity index (χ3n) is 2.34. The largest absolute Gasteiger partial charge is 0.432 e. The van der Waals surface area contributed by atoms with E-state index in [1.807, 2.05) is 6.07 Å². The highest BCUT2D eigenvalue weighted by Crippen LogP contribution is 2.31. The number of hydrazine groups is 1. The second kappa shape index (κ2) is 4.81. The zero-order valence-electron chi connectivity index (χ0n) is 9.02. The molecule has 1 aromatic heterocycles. The third-order valence-corrected chi connectivity index (χ3v) is 2.34. The van der Waals surface area contributed by atoms with E-state index in [9.17, 15) is 8.78 Å². The molecule has 2 aromatic rings. The Labute approximate surface area is 101 Å². The second-order valence-electron chi connectivity index (χ2n) is 3.33. The lowest BCUT2D eigenvalue weighted by Crippen LogP contribution is -2.10. The van der Waals surface area contributed by atoms with E-state index in [4.69, 9.17) is 11.1 Å². The molecule has 0 spiro atoms. The molecule has 0 saturated heterocycles. The van der Waals surface area contributed by atoms with Crippen LogP contribution in [0.1, 0.15) is 5.56 Å². The molecule has 0 amide bonds. The van der Waals surface area contributed by atoms with Crippen molar-refractivity contribution in [1.29, 1.82) is 5.26 Å². The molecule has 0 bridgehead atoms. The van der Waals surface area contributed by atoms with Gasteiger partial charge in [0.1, 0.15) is 11.6 Å². The maximum atomic E-state index is 12.2. The molecule has 0 saturated carbocycles. The van der Waals surface area contributed by atoms with Crippen molar-refractivity contribution in [3.8, 4) is 11.8 Å². The Kier molecular flexibility index (Phi) is 3.21. The lowest BCUT2D eigenvalue weighted by Gasteiger charge is -2.11. The third kappa shape index (κ3) is 2.01. The van der Waals surface area contributed by atoms with Crippen LogP contribution >= 0.6 is 0 Å². The average molecular weight is 250 g/mol. The molecule has 0 aliphatic carbocycles. The van der Waals surface area contributed by atoms with Gasteiger partial charge in [0.05, 0.1) is 11.3 Å². The number of nitrogens with two attached hydrogens (primary N) is 1. The van der Waals surface area contributed by atoms with Crippen molar-refractivity contribution < 1.29 is 13.5 Å². The fourth-order valence-electron chi connectivity index (χ4n) is 1.63. The highest BCUT2D eigenvalue weighted by Gasteiger charge is 2.13. The summed E-state index contributed by atoms with van der Waals surface area (Å²) >= 11 is 0. The van der Waals surface area contributed by atoms with Crippen LogP contribution in [-0.2, 0) is 0 Å². The Morgan fingerprint density at radius 1 is 1.44 bits per heavy atom. The van der Waals surface area contributed by atoms with Gasteiger partial charge >= 0.3 is 6.61 Å². The predicted octanol–water partition coefficient (Wildman–Crippen LogP) is 1.99. The topological polar surface area (TPSA) is 84.0 Å². The Bertz CT molecular complexity index is 624. The lowest BCUT2D eigenvalue weighted by atomic mass is 10.1. The van der Waals surface area contributed by atoms with Crippen LogP contribution in [0.4, 0.5) is 14.5 Å². The summed E-state index contributed by atoms with van der Waals surface area (Å²) in [5, 5.41) is 9.33. The number of nitrogens with one attached hydrogen (secondary N) is 1. The van der Waals surface area contributed by atoms with E-state index in [-0.39, 0.29) is 16.8 Å². The van der Waals surface area contributed by atoms with Crippen LogP contribution in [-0.4, -0.2) is 11.6 Å². The number of benzene rings is 1. The van der Waals surface area contributed by atoms with E-state index in [0.29, 0.717) is 11.1 Å². The average Bonchev–Trinajstić information content (AvgIpc) is 2.37. The number of hydrogen-bond acceptors (Lipinski definition) is 5. The summed E-state index contributed by atoms with van der Waals surface area (Å²) in [7, 11) is 0. The van der Waals surface area contributed by atoms with Gasteiger partial charge in [-0.2, -0.15) is 14.0 Å². The van der Waals surface area contributed by atoms with Crippen LogP contribution in [0.15, 0.2) is 24.4 Å². The molecular formula is C11H8F2N4O. The second-order valence-corrected chi connectivity index (χ2v) is 3.33. The monoisotopic (exact) mass is 250 g/mol. The maximum Gasteiger partial charge on any atom is 0.387 e. The number of nitrogen functional groups attached to an aromatic ring is 1. The summed E-state index contributed by atoms with van der Waals surface area (Å²) < 4.78 is 28.8. The number of alkyl halides is 2. The first-order valence-electron chi connectivity index (χ1n) is 4.90. The quantitative estimate of drug-likeness (QED) is 0.642. The Morgan fingerprint density at radius 2 is 2.22 bits per heavy atom. The molecule has 0 aliphatic heterocycles. The van der Waals surface area contributed by atoms with Crippen LogP contribution < -0.4 is 16.0 Å². The molecule has 0 radical (unpaired) electrons. The number of nitrogens with zero attached hydrogens (tertiary/aromatic N) is 2. The minimum absolute atomic E-state index is 0.0662. The molecule has 0 unspecified atom stereocenters. The van der Waals surface area contributed by atoms with E-state index in [0.717, 1.165) is 0 Å². The Hall–Kier alpha value is -2.46. The fraction of sp³-hybridized carbons (Fsp3) is 0.0909. The van der Waals surface area contributed by atoms with Gasteiger partial charge in [-0.1, -0.05) is 12.1 Å². The van der Waals surface area contributed by atoms with E-state index >= 15 is 0 Å². The molecular weight excluding hydrogens is 242 g/mol. The Morgan fingerprint density at radius 3 is 2.83 bits per heavy atom. The van der Waals surface area contributed by atoms with Crippen molar-refractivity contribution in [2.24, 2.45) is 5.84 Å². The summed E-state index contributed by atoms with van der Waals surface area (Å²) in [5.74, 6) is 5.26. The predicted molar refractivity (Wildman–Crippen MR) is 60.9 cm³/mol. The van der Waals surface area contributed by atoms with Crippen molar-refractivity contribution in [1.82, 2.24) is 4.98 Å². The number of ether oxygens (including phenoxy) is 1. The fourth-order valence-corrected chi connectivity index (χ4v) is 1.63. The molecule has 5 nitrogen and oxygen atoms in total. The summed E-state index contributed by atoms with van der Waals surface area (Å²) in [6.07, 6.45) is 1.25. The van der Waals surface area contributed by atoms with Crippen LogP contribution in [0.5, 0.6) is 5.75 Å². The number of fused-ring (bicyclic) bond motifs is 1. The Balaban J connectivity index is 2.69. The minimum Gasteiger partial charge on any atom is -0.432 e. The van der Waals surface area contributed by atoms with E-state index in [1.165, 1.54) is 18.3 Å². The van der Waals surface area contributed by atoms with E-state index < -0.39 is 6.61 Å². The first-order chi connectivity index (χ1) is 8.67. The van der Waals surface area contributed by atoms with Crippen molar-refractivity contribution in [3.63, 3.8) is 0 Å². The molecule has 2 rings (SSSR count). The molecule has 3 N–H and O–H groups in total. The minimum atomic E-state index is -2.94. The number of hydrogen-bond donors (Lipinski definition) is 2. The zero-order chi connectivity index (χ0) is 13.1. The SMILES string of the molecule is N#Cc1cnc2c(OC(F)F)cccc2c1NN. The summed E-state index contributed by atoms with van der Waals surface area (Å²) in [5.41, 5.74) is 3.12. The van der Waals surface area contributed by atoms with Crippen LogP contribution in [0.3, 0.4) is 0 Å². The number of aromatic nitrogens is 1. The van der Waals surface area contributed by atoms with Crippen molar-refractivity contribution >= 4 is 16.6 Å². The first kappa shape index (κ1) is 12.0. The van der Waals surface area contributed by atoms with Gasteiger partial charge in [-0.15, -0.1) is 0 Å². The van der Waals surface area contributed by atoms with Crippen molar-refractivity contribution in [2.45, 2.75) is 6.61 Å². The van der Waals surface area contributed by atoms with Gasteiger partial charge in [-0.25, -0.2) is 0 Å². The van der Waals surface area contributed by atoms with Gasteiger partial charge in [0.2, 0.25) is 0 Å². The molecule has 0 atom stereocenters. The van der Waals surface area contributed by atoms with E-state index in [1.54, 1.807) is 6.07 Å². The molecule has 7 heteroatoms. The normalized spacial score (nSPS) is 10.4. The van der Waals surface area contributed by atoms with Crippen LogP contribution in [0.25, 0.3) is 10.9 Å².